The third-order valence-electron chi connectivity index (χ3n) is 3.95. The number of carbonyl (C=O) groups is 1. The maximum Gasteiger partial charge on any atom is 0.291 e. The summed E-state index contributed by atoms with van der Waals surface area (Å²) in [4.78, 5) is 24.7. The summed E-state index contributed by atoms with van der Waals surface area (Å²) in [5, 5.41) is 4.07. The van der Waals surface area contributed by atoms with E-state index in [1.807, 2.05) is 6.92 Å². The number of rotatable bonds is 2. The number of aryl methyl sites for hydroxylation is 1. The average molecular weight is 354 g/mol. The molecular formula is C19H12ClNO4. The molecule has 0 saturated heterocycles. The van der Waals surface area contributed by atoms with Gasteiger partial charge in [0.25, 0.3) is 5.91 Å². The molecule has 2 aromatic heterocycles. The first-order valence-electron chi connectivity index (χ1n) is 7.54. The predicted molar refractivity (Wildman–Crippen MR) is 96.4 cm³/mol. The van der Waals surface area contributed by atoms with Gasteiger partial charge in [0.2, 0.25) is 5.43 Å². The molecule has 0 bridgehead atoms. The Hall–Kier alpha value is -3.05. The highest BCUT2D eigenvalue weighted by Crippen LogP contribution is 2.26. The number of anilines is 1. The van der Waals surface area contributed by atoms with Crippen molar-refractivity contribution in [2.45, 2.75) is 6.92 Å². The molecule has 124 valence electrons. The van der Waals surface area contributed by atoms with Gasteiger partial charge in [-0.15, -0.1) is 0 Å². The fraction of sp³-hybridized carbons (Fsp3) is 0.0526. The molecule has 4 aromatic rings. The SMILES string of the molecule is Cc1cc2oc3cc(NC(=O)c4ccco4)ccc3c(=O)c2cc1Cl. The number of benzene rings is 2. The van der Waals surface area contributed by atoms with Crippen molar-refractivity contribution in [1.29, 1.82) is 0 Å². The topological polar surface area (TPSA) is 72.5 Å². The Morgan fingerprint density at radius 1 is 1.08 bits per heavy atom. The molecule has 0 aliphatic heterocycles. The van der Waals surface area contributed by atoms with Gasteiger partial charge in [0, 0.05) is 16.8 Å². The summed E-state index contributed by atoms with van der Waals surface area (Å²) in [7, 11) is 0. The minimum absolute atomic E-state index is 0.165. The van der Waals surface area contributed by atoms with Gasteiger partial charge in [0.1, 0.15) is 11.2 Å². The molecule has 0 aliphatic rings. The zero-order valence-corrected chi connectivity index (χ0v) is 13.9. The van der Waals surface area contributed by atoms with Crippen molar-refractivity contribution in [2.75, 3.05) is 5.32 Å². The van der Waals surface area contributed by atoms with Crippen LogP contribution in [0.15, 0.2) is 62.4 Å². The largest absolute Gasteiger partial charge is 0.459 e. The van der Waals surface area contributed by atoms with E-state index < -0.39 is 0 Å². The van der Waals surface area contributed by atoms with Crippen molar-refractivity contribution in [3.63, 3.8) is 0 Å². The third kappa shape index (κ3) is 2.68. The lowest BCUT2D eigenvalue weighted by atomic mass is 10.1. The monoisotopic (exact) mass is 353 g/mol. The quantitative estimate of drug-likeness (QED) is 0.528. The zero-order chi connectivity index (χ0) is 17.6. The number of amides is 1. The van der Waals surface area contributed by atoms with Crippen molar-refractivity contribution < 1.29 is 13.6 Å². The van der Waals surface area contributed by atoms with Crippen LogP contribution in [0.1, 0.15) is 16.1 Å². The Balaban J connectivity index is 1.82. The van der Waals surface area contributed by atoms with Crippen molar-refractivity contribution in [1.82, 2.24) is 0 Å². The van der Waals surface area contributed by atoms with Crippen LogP contribution in [0, 0.1) is 6.92 Å². The molecule has 0 fully saturated rings. The van der Waals surface area contributed by atoms with Crippen LogP contribution >= 0.6 is 11.6 Å². The first-order valence-corrected chi connectivity index (χ1v) is 7.92. The number of furan rings is 1. The van der Waals surface area contributed by atoms with Crippen molar-refractivity contribution in [3.05, 3.63) is 75.3 Å². The van der Waals surface area contributed by atoms with E-state index in [1.165, 1.54) is 6.26 Å². The Labute approximate surface area is 146 Å². The summed E-state index contributed by atoms with van der Waals surface area (Å²) < 4.78 is 10.9. The number of carbonyl (C=O) groups excluding carboxylic acids is 1. The molecule has 1 amide bonds. The zero-order valence-electron chi connectivity index (χ0n) is 13.1. The van der Waals surface area contributed by atoms with Crippen LogP contribution in [0.4, 0.5) is 5.69 Å². The van der Waals surface area contributed by atoms with Crippen LogP contribution in [-0.4, -0.2) is 5.91 Å². The highest BCUT2D eigenvalue weighted by Gasteiger charge is 2.13. The van der Waals surface area contributed by atoms with Gasteiger partial charge in [-0.2, -0.15) is 0 Å². The minimum Gasteiger partial charge on any atom is -0.459 e. The molecule has 2 aromatic carbocycles. The number of hydrogen-bond donors (Lipinski definition) is 1. The molecule has 0 aliphatic carbocycles. The van der Waals surface area contributed by atoms with Gasteiger partial charge in [0.05, 0.1) is 17.0 Å². The lowest BCUT2D eigenvalue weighted by molar-refractivity contribution is 0.0996. The number of hydrogen-bond acceptors (Lipinski definition) is 4. The van der Waals surface area contributed by atoms with E-state index in [4.69, 9.17) is 20.4 Å². The maximum absolute atomic E-state index is 12.7. The fourth-order valence-electron chi connectivity index (χ4n) is 2.65. The number of halogens is 1. The lowest BCUT2D eigenvalue weighted by Gasteiger charge is -2.07. The molecule has 0 unspecified atom stereocenters. The van der Waals surface area contributed by atoms with E-state index in [1.54, 1.807) is 42.5 Å². The van der Waals surface area contributed by atoms with E-state index in [2.05, 4.69) is 5.32 Å². The molecular weight excluding hydrogens is 342 g/mol. The molecule has 0 atom stereocenters. The molecule has 0 radical (unpaired) electrons. The Morgan fingerprint density at radius 2 is 1.88 bits per heavy atom. The smallest absolute Gasteiger partial charge is 0.291 e. The van der Waals surface area contributed by atoms with Crippen LogP contribution in [0.5, 0.6) is 0 Å². The van der Waals surface area contributed by atoms with Gasteiger partial charge in [-0.3, -0.25) is 9.59 Å². The maximum atomic E-state index is 12.7. The summed E-state index contributed by atoms with van der Waals surface area (Å²) in [5.74, 6) is -0.180. The standard InChI is InChI=1S/C19H12ClNO4/c1-10-7-16-13(9-14(10)20)18(22)12-5-4-11(8-17(12)25-16)21-19(23)15-3-2-6-24-15/h2-9H,1H3,(H,21,23). The Bertz CT molecular complexity index is 1180. The third-order valence-corrected chi connectivity index (χ3v) is 4.36. The second-order valence-corrected chi connectivity index (χ2v) is 6.08. The van der Waals surface area contributed by atoms with E-state index >= 15 is 0 Å². The Kier molecular flexibility index (Phi) is 3.58. The van der Waals surface area contributed by atoms with Crippen LogP contribution in [0.3, 0.4) is 0 Å². The van der Waals surface area contributed by atoms with Gasteiger partial charge < -0.3 is 14.2 Å². The molecule has 2 heterocycles. The molecule has 4 rings (SSSR count). The average Bonchev–Trinajstić information content (AvgIpc) is 3.12. The van der Waals surface area contributed by atoms with Gasteiger partial charge in [-0.25, -0.2) is 0 Å². The van der Waals surface area contributed by atoms with E-state index in [0.717, 1.165) is 5.56 Å². The van der Waals surface area contributed by atoms with Crippen molar-refractivity contribution in [3.8, 4) is 0 Å². The second-order valence-electron chi connectivity index (χ2n) is 5.67. The van der Waals surface area contributed by atoms with Crippen LogP contribution < -0.4 is 10.7 Å². The van der Waals surface area contributed by atoms with Gasteiger partial charge in [-0.05, 0) is 48.9 Å². The number of fused-ring (bicyclic) bond motifs is 2. The second kappa shape index (κ2) is 5.79. The van der Waals surface area contributed by atoms with E-state index in [-0.39, 0.29) is 17.1 Å². The molecule has 25 heavy (non-hydrogen) atoms. The molecule has 0 spiro atoms. The van der Waals surface area contributed by atoms with Gasteiger partial charge >= 0.3 is 0 Å². The first-order chi connectivity index (χ1) is 12.0. The van der Waals surface area contributed by atoms with Gasteiger partial charge in [-0.1, -0.05) is 11.6 Å². The summed E-state index contributed by atoms with van der Waals surface area (Å²) in [5.41, 5.74) is 1.99. The first kappa shape index (κ1) is 15.5. The number of nitrogens with one attached hydrogen (secondary N) is 1. The fourth-order valence-corrected chi connectivity index (χ4v) is 2.82. The molecule has 5 nitrogen and oxygen atoms in total. The Morgan fingerprint density at radius 3 is 2.64 bits per heavy atom. The van der Waals surface area contributed by atoms with E-state index in [0.29, 0.717) is 32.6 Å². The van der Waals surface area contributed by atoms with Crippen LogP contribution in [-0.2, 0) is 0 Å². The minimum atomic E-state index is -0.380. The lowest BCUT2D eigenvalue weighted by Crippen LogP contribution is -2.11. The highest BCUT2D eigenvalue weighted by atomic mass is 35.5. The van der Waals surface area contributed by atoms with Gasteiger partial charge in [0.15, 0.2) is 5.76 Å². The van der Waals surface area contributed by atoms with Crippen LogP contribution in [0.2, 0.25) is 5.02 Å². The van der Waals surface area contributed by atoms with Crippen molar-refractivity contribution >= 4 is 45.1 Å². The summed E-state index contributed by atoms with van der Waals surface area (Å²) in [6.45, 7) is 1.84. The van der Waals surface area contributed by atoms with Crippen LogP contribution in [0.25, 0.3) is 21.9 Å². The van der Waals surface area contributed by atoms with E-state index in [9.17, 15) is 9.59 Å². The van der Waals surface area contributed by atoms with Crippen molar-refractivity contribution in [2.24, 2.45) is 0 Å². The molecule has 6 heteroatoms. The molecule has 0 saturated carbocycles. The predicted octanol–water partition coefficient (Wildman–Crippen LogP) is 4.75. The molecule has 1 N–H and O–H groups in total. The normalized spacial score (nSPS) is 11.1. The summed E-state index contributed by atoms with van der Waals surface area (Å²) >= 11 is 6.11. The summed E-state index contributed by atoms with van der Waals surface area (Å²) in [6.07, 6.45) is 1.42. The summed E-state index contributed by atoms with van der Waals surface area (Å²) in [6, 6.07) is 11.4. The highest BCUT2D eigenvalue weighted by molar-refractivity contribution is 6.32.